The average molecular weight is 264 g/mol. The molecule has 1 unspecified atom stereocenters. The van der Waals surface area contributed by atoms with Gasteiger partial charge in [0.2, 0.25) is 0 Å². The Bertz CT molecular complexity index is 205. The fourth-order valence-electron chi connectivity index (χ4n) is 1.81. The molecule has 3 nitrogen and oxygen atoms in total. The number of carboxylic acids is 1. The number of aliphatic carboxylic acids is 1. The van der Waals surface area contributed by atoms with Crippen LogP contribution in [0.15, 0.2) is 0 Å². The zero-order valence-corrected chi connectivity index (χ0v) is 11.1. The van der Waals surface area contributed by atoms with Gasteiger partial charge in [-0.1, -0.05) is 19.3 Å². The van der Waals surface area contributed by atoms with Crippen LogP contribution in [0.1, 0.15) is 32.1 Å². The Kier molecular flexibility index (Phi) is 7.32. The van der Waals surface area contributed by atoms with Gasteiger partial charge in [-0.05, 0) is 12.8 Å². The molecule has 0 aromatic rings. The first-order valence-electron chi connectivity index (χ1n) is 5.77. The second-order valence-electron chi connectivity index (χ2n) is 4.16. The van der Waals surface area contributed by atoms with Gasteiger partial charge in [0.15, 0.2) is 0 Å². The first kappa shape index (κ1) is 14.2. The number of carbonyl (C=O) groups is 1. The Morgan fingerprint density at radius 1 is 1.25 bits per heavy atom. The van der Waals surface area contributed by atoms with Crippen LogP contribution in [0.5, 0.6) is 0 Å². The van der Waals surface area contributed by atoms with Crippen molar-refractivity contribution >= 4 is 29.5 Å². The second kappa shape index (κ2) is 8.25. The minimum absolute atomic E-state index is 0.0884. The first-order valence-corrected chi connectivity index (χ1v) is 7.98. The second-order valence-corrected chi connectivity index (χ2v) is 6.52. The smallest absolute Gasteiger partial charge is 0.313 e. The van der Waals surface area contributed by atoms with Crippen LogP contribution in [0.3, 0.4) is 0 Å². The van der Waals surface area contributed by atoms with Crippen molar-refractivity contribution in [3.63, 3.8) is 0 Å². The topological polar surface area (TPSA) is 57.5 Å². The predicted molar refractivity (Wildman–Crippen MR) is 70.3 cm³/mol. The van der Waals surface area contributed by atoms with E-state index >= 15 is 0 Å². The van der Waals surface area contributed by atoms with Crippen LogP contribution in [0.4, 0.5) is 0 Å². The molecule has 0 aliphatic heterocycles. The van der Waals surface area contributed by atoms with Gasteiger partial charge in [-0.15, -0.1) is 11.8 Å². The molecule has 0 amide bonds. The highest BCUT2D eigenvalue weighted by Gasteiger charge is 2.15. The number of hydrogen-bond donors (Lipinski definition) is 2. The van der Waals surface area contributed by atoms with E-state index in [-0.39, 0.29) is 11.9 Å². The van der Waals surface area contributed by atoms with Crippen molar-refractivity contribution in [1.29, 1.82) is 0 Å². The molecule has 0 aromatic carbocycles. The highest BCUT2D eigenvalue weighted by atomic mass is 32.2. The summed E-state index contributed by atoms with van der Waals surface area (Å²) >= 11 is 3.15. The van der Waals surface area contributed by atoms with E-state index in [0.717, 1.165) is 5.75 Å². The summed E-state index contributed by atoms with van der Waals surface area (Å²) in [6, 6.07) is 0. The number of carboxylic acid groups (broad SMARTS) is 1. The van der Waals surface area contributed by atoms with Crippen LogP contribution >= 0.6 is 23.5 Å². The van der Waals surface area contributed by atoms with Crippen molar-refractivity contribution in [2.24, 2.45) is 0 Å². The zero-order valence-electron chi connectivity index (χ0n) is 9.43. The minimum Gasteiger partial charge on any atom is -0.481 e. The van der Waals surface area contributed by atoms with Gasteiger partial charge in [-0.2, -0.15) is 11.8 Å². The third-order valence-corrected chi connectivity index (χ3v) is 5.20. The normalized spacial score (nSPS) is 19.6. The third-order valence-electron chi connectivity index (χ3n) is 2.61. The molecular formula is C11H20O3S2. The van der Waals surface area contributed by atoms with E-state index in [9.17, 15) is 9.90 Å². The van der Waals surface area contributed by atoms with Crippen LogP contribution in [0.2, 0.25) is 0 Å². The molecule has 2 N–H and O–H groups in total. The number of hydrogen-bond acceptors (Lipinski definition) is 4. The van der Waals surface area contributed by atoms with Crippen LogP contribution in [0.25, 0.3) is 0 Å². The lowest BCUT2D eigenvalue weighted by Gasteiger charge is -2.22. The van der Waals surface area contributed by atoms with E-state index in [1.54, 1.807) is 0 Å². The van der Waals surface area contributed by atoms with Gasteiger partial charge < -0.3 is 10.2 Å². The molecule has 1 aliphatic carbocycles. The maximum atomic E-state index is 10.3. The minimum atomic E-state index is -0.808. The van der Waals surface area contributed by atoms with Crippen molar-refractivity contribution in [1.82, 2.24) is 0 Å². The van der Waals surface area contributed by atoms with E-state index in [1.807, 2.05) is 11.8 Å². The largest absolute Gasteiger partial charge is 0.481 e. The predicted octanol–water partition coefficient (Wildman–Crippen LogP) is 2.23. The van der Waals surface area contributed by atoms with E-state index in [0.29, 0.717) is 11.0 Å². The lowest BCUT2D eigenvalue weighted by molar-refractivity contribution is -0.133. The van der Waals surface area contributed by atoms with E-state index in [4.69, 9.17) is 5.11 Å². The summed E-state index contributed by atoms with van der Waals surface area (Å²) in [4.78, 5) is 10.3. The molecule has 1 fully saturated rings. The zero-order chi connectivity index (χ0) is 11.8. The number of rotatable bonds is 7. The summed E-state index contributed by atoms with van der Waals surface area (Å²) in [6.45, 7) is 0. The quantitative estimate of drug-likeness (QED) is 0.738. The lowest BCUT2D eigenvalue weighted by atomic mass is 10.0. The van der Waals surface area contributed by atoms with Gasteiger partial charge in [-0.3, -0.25) is 4.79 Å². The van der Waals surface area contributed by atoms with Crippen LogP contribution < -0.4 is 0 Å². The summed E-state index contributed by atoms with van der Waals surface area (Å²) in [6.07, 6.45) is 6.19. The van der Waals surface area contributed by atoms with Gasteiger partial charge in [-0.25, -0.2) is 0 Å². The monoisotopic (exact) mass is 264 g/mol. The molecule has 94 valence electrons. The maximum Gasteiger partial charge on any atom is 0.313 e. The molecule has 0 aromatic heterocycles. The molecule has 1 atom stereocenters. The fourth-order valence-corrected chi connectivity index (χ4v) is 3.92. The van der Waals surface area contributed by atoms with Gasteiger partial charge in [0.05, 0.1) is 11.9 Å². The van der Waals surface area contributed by atoms with E-state index in [1.165, 1.54) is 43.9 Å². The fraction of sp³-hybridized carbons (Fsp3) is 0.909. The van der Waals surface area contributed by atoms with Crippen molar-refractivity contribution in [3.8, 4) is 0 Å². The standard InChI is InChI=1S/C11H20O3S2/c12-9(6-15-8-11(13)14)7-16-10-4-2-1-3-5-10/h9-10,12H,1-8H2,(H,13,14). The van der Waals surface area contributed by atoms with Crippen LogP contribution in [0, 0.1) is 0 Å². The van der Waals surface area contributed by atoms with Gasteiger partial charge in [0.1, 0.15) is 0 Å². The average Bonchev–Trinajstić information content (AvgIpc) is 2.27. The van der Waals surface area contributed by atoms with Gasteiger partial charge in [0.25, 0.3) is 0 Å². The van der Waals surface area contributed by atoms with Crippen molar-refractivity contribution < 1.29 is 15.0 Å². The number of aliphatic hydroxyl groups is 1. The summed E-state index contributed by atoms with van der Waals surface area (Å²) in [7, 11) is 0. The Morgan fingerprint density at radius 2 is 1.94 bits per heavy atom. The molecule has 0 bridgehead atoms. The summed E-state index contributed by atoms with van der Waals surface area (Å²) in [5.41, 5.74) is 0. The third kappa shape index (κ3) is 6.66. The van der Waals surface area contributed by atoms with Crippen LogP contribution in [-0.4, -0.2) is 44.8 Å². The summed E-state index contributed by atoms with van der Waals surface area (Å²) < 4.78 is 0. The van der Waals surface area contributed by atoms with Crippen molar-refractivity contribution in [2.45, 2.75) is 43.5 Å². The number of aliphatic hydroxyl groups excluding tert-OH is 1. The summed E-state index contributed by atoms with van der Waals surface area (Å²) in [5, 5.41) is 18.8. The molecular weight excluding hydrogens is 244 g/mol. The van der Waals surface area contributed by atoms with Gasteiger partial charge >= 0.3 is 5.97 Å². The Balaban J connectivity index is 2.00. The molecule has 16 heavy (non-hydrogen) atoms. The summed E-state index contributed by atoms with van der Waals surface area (Å²) in [5.74, 6) is 0.561. The number of thioether (sulfide) groups is 2. The highest BCUT2D eigenvalue weighted by molar-refractivity contribution is 8.00. The molecule has 1 saturated carbocycles. The van der Waals surface area contributed by atoms with Crippen molar-refractivity contribution in [3.05, 3.63) is 0 Å². The van der Waals surface area contributed by atoms with E-state index in [2.05, 4.69) is 0 Å². The van der Waals surface area contributed by atoms with Crippen molar-refractivity contribution in [2.75, 3.05) is 17.3 Å². The molecule has 1 aliphatic rings. The molecule has 5 heteroatoms. The molecule has 0 saturated heterocycles. The van der Waals surface area contributed by atoms with Crippen LogP contribution in [-0.2, 0) is 4.79 Å². The lowest BCUT2D eigenvalue weighted by Crippen LogP contribution is -2.18. The Labute approximate surface area is 105 Å². The SMILES string of the molecule is O=C(O)CSCC(O)CSC1CCCCC1. The first-order chi connectivity index (χ1) is 7.68. The maximum absolute atomic E-state index is 10.3. The Morgan fingerprint density at radius 3 is 2.56 bits per heavy atom. The van der Waals surface area contributed by atoms with E-state index < -0.39 is 5.97 Å². The molecule has 0 heterocycles. The molecule has 0 radical (unpaired) electrons. The molecule has 0 spiro atoms. The Hall–Kier alpha value is 0.130. The van der Waals surface area contributed by atoms with Gasteiger partial charge in [0, 0.05) is 16.8 Å². The highest BCUT2D eigenvalue weighted by Crippen LogP contribution is 2.28. The molecule has 1 rings (SSSR count).